The van der Waals surface area contributed by atoms with Crippen molar-refractivity contribution < 1.29 is 27.5 Å². The molecule has 1 saturated heterocycles. The Morgan fingerprint density at radius 1 is 1.26 bits per heavy atom. The molecule has 0 spiro atoms. The van der Waals surface area contributed by atoms with Gasteiger partial charge in [-0.05, 0) is 30.5 Å². The number of nitrogen functional groups attached to an aromatic ring is 1. The third-order valence-corrected chi connectivity index (χ3v) is 5.37. The first kappa shape index (κ1) is 23.0. The number of fused-ring (bicyclic) bond motifs is 1. The molecule has 0 bridgehead atoms. The van der Waals surface area contributed by atoms with Gasteiger partial charge in [0.2, 0.25) is 0 Å². The molecule has 34 heavy (non-hydrogen) atoms. The molecular weight excluding hydrogens is 451 g/mol. The van der Waals surface area contributed by atoms with Gasteiger partial charge in [0.05, 0.1) is 0 Å². The van der Waals surface area contributed by atoms with Gasteiger partial charge in [0.15, 0.2) is 5.82 Å². The largest absolute Gasteiger partial charge is 0.490 e. The number of aromatic nitrogens is 3. The predicted octanol–water partition coefficient (Wildman–Crippen LogP) is 2.64. The molecule has 1 atom stereocenters. The minimum Gasteiger partial charge on any atom is -0.429 e. The average Bonchev–Trinajstić information content (AvgIpc) is 3.08. The van der Waals surface area contributed by atoms with Crippen molar-refractivity contribution >= 4 is 28.6 Å². The van der Waals surface area contributed by atoms with Gasteiger partial charge >= 0.3 is 12.1 Å². The molecule has 3 heterocycles. The number of hydrogen-bond acceptors (Lipinski definition) is 7. The van der Waals surface area contributed by atoms with E-state index in [1.165, 1.54) is 7.05 Å². The van der Waals surface area contributed by atoms with E-state index in [0.717, 1.165) is 15.8 Å². The summed E-state index contributed by atoms with van der Waals surface area (Å²) in [4.78, 5) is 38.1. The summed E-state index contributed by atoms with van der Waals surface area (Å²) in [7, 11) is 1.40. The Kier molecular flexibility index (Phi) is 5.61. The van der Waals surface area contributed by atoms with E-state index in [2.05, 4.69) is 31.5 Å². The topological polar surface area (TPSA) is 111 Å². The lowest BCUT2D eigenvalue weighted by molar-refractivity contribution is -0.209. The Morgan fingerprint density at radius 2 is 2.03 bits per heavy atom. The lowest BCUT2D eigenvalue weighted by Crippen LogP contribution is -2.45. The van der Waals surface area contributed by atoms with Crippen molar-refractivity contribution in [2.45, 2.75) is 25.1 Å². The molecule has 0 unspecified atom stereocenters. The monoisotopic (exact) mass is 469 g/mol. The smallest absolute Gasteiger partial charge is 0.429 e. The van der Waals surface area contributed by atoms with Gasteiger partial charge in [-0.2, -0.15) is 13.2 Å². The van der Waals surface area contributed by atoms with Gasteiger partial charge in [-0.15, -0.1) is 0 Å². The number of likely N-dealkylation sites (tertiary alicyclic amines) is 1. The maximum Gasteiger partial charge on any atom is 0.490 e. The number of aryl methyl sites for hydroxylation is 1. The molecule has 4 rings (SSSR count). The van der Waals surface area contributed by atoms with Crippen molar-refractivity contribution in [2.75, 3.05) is 19.3 Å². The number of nitrogens with zero attached hydrogens (tertiary/aromatic N) is 4. The number of anilines is 1. The molecule has 174 valence electrons. The van der Waals surface area contributed by atoms with E-state index in [0.29, 0.717) is 22.5 Å². The van der Waals surface area contributed by atoms with Crippen LogP contribution in [-0.4, -0.2) is 57.1 Å². The summed E-state index contributed by atoms with van der Waals surface area (Å²) in [6.45, 7) is 1.95. The number of benzene rings is 1. The van der Waals surface area contributed by atoms with Crippen LogP contribution >= 0.6 is 0 Å². The third-order valence-electron chi connectivity index (χ3n) is 5.37. The third kappa shape index (κ3) is 4.22. The van der Waals surface area contributed by atoms with Crippen LogP contribution in [-0.2, 0) is 14.3 Å². The van der Waals surface area contributed by atoms with Gasteiger partial charge in [0.25, 0.3) is 11.5 Å². The van der Waals surface area contributed by atoms with Crippen LogP contribution in [0.25, 0.3) is 22.3 Å². The van der Waals surface area contributed by atoms with Crippen molar-refractivity contribution in [1.82, 2.24) is 19.9 Å². The zero-order chi connectivity index (χ0) is 24.7. The molecular formula is C23H18F3N5O3. The number of pyridine rings is 1. The second-order valence-corrected chi connectivity index (χ2v) is 7.80. The SMILES string of the molecule is Cc1cnc(N)c2nc(-c3cccc(C#C[C@]4(OC(=O)C(F)(F)F)CCN(C)C4=O)c3)ncc12. The van der Waals surface area contributed by atoms with Gasteiger partial charge in [-0.3, -0.25) is 4.79 Å². The molecule has 2 N–H and O–H groups in total. The summed E-state index contributed by atoms with van der Waals surface area (Å²) < 4.78 is 43.0. The van der Waals surface area contributed by atoms with Gasteiger partial charge in [0.1, 0.15) is 11.3 Å². The number of carbonyl (C=O) groups is 2. The van der Waals surface area contributed by atoms with Crippen molar-refractivity contribution in [3.8, 4) is 23.2 Å². The summed E-state index contributed by atoms with van der Waals surface area (Å²) in [5, 5.41) is 0.754. The minimum absolute atomic E-state index is 0.0957. The van der Waals surface area contributed by atoms with E-state index in [9.17, 15) is 22.8 Å². The number of likely N-dealkylation sites (N-methyl/N-ethyl adjacent to an activating group) is 1. The van der Waals surface area contributed by atoms with E-state index >= 15 is 0 Å². The highest BCUT2D eigenvalue weighted by Crippen LogP contribution is 2.30. The van der Waals surface area contributed by atoms with E-state index in [-0.39, 0.29) is 18.8 Å². The first-order valence-electron chi connectivity index (χ1n) is 10.1. The molecule has 8 nitrogen and oxygen atoms in total. The van der Waals surface area contributed by atoms with E-state index in [1.807, 2.05) is 6.92 Å². The van der Waals surface area contributed by atoms with Crippen LogP contribution < -0.4 is 5.73 Å². The number of ether oxygens (including phenoxy) is 1. The summed E-state index contributed by atoms with van der Waals surface area (Å²) in [6.07, 6.45) is -2.18. The van der Waals surface area contributed by atoms with Crippen LogP contribution in [0.15, 0.2) is 36.7 Å². The molecule has 2 aromatic heterocycles. The number of nitrogens with two attached hydrogens (primary N) is 1. The molecule has 1 fully saturated rings. The van der Waals surface area contributed by atoms with Crippen LogP contribution in [0, 0.1) is 18.8 Å². The normalized spacial score (nSPS) is 18.0. The number of carbonyl (C=O) groups excluding carboxylic acids is 2. The second kappa shape index (κ2) is 8.30. The Morgan fingerprint density at radius 3 is 2.71 bits per heavy atom. The summed E-state index contributed by atoms with van der Waals surface area (Å²) >= 11 is 0. The van der Waals surface area contributed by atoms with Crippen molar-refractivity contribution in [2.24, 2.45) is 0 Å². The lowest BCUT2D eigenvalue weighted by atomic mass is 10.0. The Labute approximate surface area is 192 Å². The Hall–Kier alpha value is -4.20. The first-order valence-corrected chi connectivity index (χ1v) is 10.1. The highest BCUT2D eigenvalue weighted by Gasteiger charge is 2.53. The van der Waals surface area contributed by atoms with Gasteiger partial charge in [-0.1, -0.05) is 18.1 Å². The van der Waals surface area contributed by atoms with Crippen molar-refractivity contribution in [3.63, 3.8) is 0 Å². The molecule has 0 saturated carbocycles. The fourth-order valence-electron chi connectivity index (χ4n) is 3.51. The van der Waals surface area contributed by atoms with Gasteiger partial charge < -0.3 is 15.4 Å². The number of esters is 1. The summed E-state index contributed by atoms with van der Waals surface area (Å²) in [5.74, 6) is 2.44. The second-order valence-electron chi connectivity index (χ2n) is 7.80. The van der Waals surface area contributed by atoms with E-state index < -0.39 is 23.7 Å². The molecule has 0 aliphatic carbocycles. The molecule has 11 heteroatoms. The first-order chi connectivity index (χ1) is 16.0. The Balaban J connectivity index is 1.71. The minimum atomic E-state index is -5.25. The predicted molar refractivity (Wildman–Crippen MR) is 116 cm³/mol. The number of hydrogen-bond donors (Lipinski definition) is 1. The number of halogens is 3. The fraction of sp³-hybridized carbons (Fsp3) is 0.261. The van der Waals surface area contributed by atoms with Crippen LogP contribution in [0.3, 0.4) is 0 Å². The fourth-order valence-corrected chi connectivity index (χ4v) is 3.51. The number of alkyl halides is 3. The highest BCUT2D eigenvalue weighted by atomic mass is 19.4. The zero-order valence-electron chi connectivity index (χ0n) is 18.1. The number of rotatable bonds is 2. The molecule has 0 radical (unpaired) electrons. The van der Waals surface area contributed by atoms with E-state index in [1.54, 1.807) is 36.7 Å². The van der Waals surface area contributed by atoms with Crippen molar-refractivity contribution in [3.05, 3.63) is 47.8 Å². The standard InChI is InChI=1S/C23H18F3N5O3/c1-13-11-28-18(27)17-16(13)12-29-19(30-17)15-5-3-4-14(10-15)6-7-22(8-9-31(2)20(22)32)34-21(33)23(24,25)26/h3-5,10-12H,8-9H2,1-2H3,(H2,27,28)/t22-/m0/s1. The maximum atomic E-state index is 12.8. The van der Waals surface area contributed by atoms with Gasteiger partial charge in [0, 0.05) is 48.9 Å². The summed E-state index contributed by atoms with van der Waals surface area (Å²) in [6, 6.07) is 6.58. The molecule has 1 aliphatic heterocycles. The Bertz CT molecular complexity index is 1380. The van der Waals surface area contributed by atoms with E-state index in [4.69, 9.17) is 5.73 Å². The average molecular weight is 469 g/mol. The number of amides is 1. The molecule has 1 aliphatic rings. The molecule has 1 aromatic carbocycles. The maximum absolute atomic E-state index is 12.8. The quantitative estimate of drug-likeness (QED) is 0.454. The van der Waals surface area contributed by atoms with Crippen LogP contribution in [0.4, 0.5) is 19.0 Å². The lowest BCUT2D eigenvalue weighted by Gasteiger charge is -2.22. The van der Waals surface area contributed by atoms with Crippen LogP contribution in [0.2, 0.25) is 0 Å². The molecule has 1 amide bonds. The van der Waals surface area contributed by atoms with Gasteiger partial charge in [-0.25, -0.2) is 19.7 Å². The zero-order valence-corrected chi connectivity index (χ0v) is 18.1. The molecule has 3 aromatic rings. The van der Waals surface area contributed by atoms with Crippen molar-refractivity contribution in [1.29, 1.82) is 0 Å². The van der Waals surface area contributed by atoms with Crippen LogP contribution in [0.1, 0.15) is 17.5 Å². The highest BCUT2D eigenvalue weighted by molar-refractivity contribution is 5.94. The summed E-state index contributed by atoms with van der Waals surface area (Å²) in [5.41, 5.74) is 6.00. The van der Waals surface area contributed by atoms with Crippen LogP contribution in [0.5, 0.6) is 0 Å².